The van der Waals surface area contributed by atoms with E-state index in [1.54, 1.807) is 13.8 Å². The summed E-state index contributed by atoms with van der Waals surface area (Å²) < 4.78 is 0. The Morgan fingerprint density at radius 1 is 1.35 bits per heavy atom. The number of hydrogen-bond acceptors (Lipinski definition) is 5. The van der Waals surface area contributed by atoms with Gasteiger partial charge in [0.2, 0.25) is 0 Å². The zero-order valence-corrected chi connectivity index (χ0v) is 9.34. The molecule has 1 N–H and O–H groups in total. The molecule has 7 nitrogen and oxygen atoms in total. The van der Waals surface area contributed by atoms with Crippen molar-refractivity contribution < 1.29 is 14.6 Å². The van der Waals surface area contributed by atoms with Crippen LogP contribution in [0.1, 0.15) is 13.8 Å². The van der Waals surface area contributed by atoms with E-state index in [0.717, 1.165) is 0 Å². The molecule has 17 heavy (non-hydrogen) atoms. The molecule has 0 saturated heterocycles. The van der Waals surface area contributed by atoms with Gasteiger partial charge in [0.25, 0.3) is 5.69 Å². The number of nitro groups is 1. The highest BCUT2D eigenvalue weighted by Gasteiger charge is 2.06. The summed E-state index contributed by atoms with van der Waals surface area (Å²) in [5.74, 6) is 0. The van der Waals surface area contributed by atoms with E-state index in [1.807, 2.05) is 0 Å². The maximum Gasteiger partial charge on any atom is 0.437 e. The fourth-order valence-corrected chi connectivity index (χ4v) is 0.940. The number of nitrogens with one attached hydrogen (secondary N) is 1. The average molecular weight is 237 g/mol. The maximum absolute atomic E-state index is 11.2. The second kappa shape index (κ2) is 5.59. The Labute approximate surface area is 97.2 Å². The van der Waals surface area contributed by atoms with Crippen LogP contribution in [0, 0.1) is 10.1 Å². The standard InChI is InChI=1S/C10H11N3O4/c1-7(2)12-17-10(14)11-8-3-5-9(6-4-8)13(15)16/h3-6H,1-2H3,(H,11,14). The molecule has 0 aliphatic heterocycles. The van der Waals surface area contributed by atoms with Crippen molar-refractivity contribution in [3.63, 3.8) is 0 Å². The summed E-state index contributed by atoms with van der Waals surface area (Å²) in [6.45, 7) is 3.36. The molecular weight excluding hydrogens is 226 g/mol. The minimum Gasteiger partial charge on any atom is -0.298 e. The van der Waals surface area contributed by atoms with Crippen molar-refractivity contribution >= 4 is 23.2 Å². The van der Waals surface area contributed by atoms with E-state index in [4.69, 9.17) is 0 Å². The summed E-state index contributed by atoms with van der Waals surface area (Å²) in [6, 6.07) is 5.37. The third kappa shape index (κ3) is 4.29. The molecule has 0 saturated carbocycles. The predicted octanol–water partition coefficient (Wildman–Crippen LogP) is 2.54. The fraction of sp³-hybridized carbons (Fsp3) is 0.200. The molecule has 0 heterocycles. The van der Waals surface area contributed by atoms with E-state index >= 15 is 0 Å². The number of amides is 1. The molecule has 1 amide bonds. The number of benzene rings is 1. The van der Waals surface area contributed by atoms with Gasteiger partial charge in [-0.3, -0.25) is 20.3 Å². The Bertz CT molecular complexity index is 449. The Hall–Kier alpha value is -2.44. The first-order chi connectivity index (χ1) is 7.99. The van der Waals surface area contributed by atoms with E-state index in [9.17, 15) is 14.9 Å². The van der Waals surface area contributed by atoms with Crippen molar-refractivity contribution in [1.82, 2.24) is 0 Å². The lowest BCUT2D eigenvalue weighted by molar-refractivity contribution is -0.384. The lowest BCUT2D eigenvalue weighted by Gasteiger charge is -2.02. The van der Waals surface area contributed by atoms with Crippen LogP contribution in [0.5, 0.6) is 0 Å². The Balaban J connectivity index is 2.60. The number of nitrogens with zero attached hydrogens (tertiary/aromatic N) is 2. The van der Waals surface area contributed by atoms with E-state index < -0.39 is 11.0 Å². The summed E-state index contributed by atoms with van der Waals surface area (Å²) in [4.78, 5) is 25.5. The molecule has 1 aromatic carbocycles. The van der Waals surface area contributed by atoms with Gasteiger partial charge >= 0.3 is 6.09 Å². The van der Waals surface area contributed by atoms with Gasteiger partial charge in [0, 0.05) is 17.8 Å². The van der Waals surface area contributed by atoms with Gasteiger partial charge in [-0.1, -0.05) is 5.16 Å². The van der Waals surface area contributed by atoms with Crippen LogP contribution in [0.25, 0.3) is 0 Å². The largest absolute Gasteiger partial charge is 0.437 e. The van der Waals surface area contributed by atoms with Crippen LogP contribution in [0.3, 0.4) is 0 Å². The number of hydrogen-bond donors (Lipinski definition) is 1. The van der Waals surface area contributed by atoms with E-state index in [0.29, 0.717) is 11.4 Å². The first-order valence-corrected chi connectivity index (χ1v) is 4.72. The molecule has 0 aliphatic rings. The highest BCUT2D eigenvalue weighted by Crippen LogP contribution is 2.15. The molecular formula is C10H11N3O4. The number of nitro benzene ring substituents is 1. The highest BCUT2D eigenvalue weighted by atomic mass is 16.7. The van der Waals surface area contributed by atoms with Gasteiger partial charge in [-0.15, -0.1) is 0 Å². The topological polar surface area (TPSA) is 93.8 Å². The number of rotatable bonds is 3. The van der Waals surface area contributed by atoms with Crippen molar-refractivity contribution in [2.75, 3.05) is 5.32 Å². The molecule has 0 atom stereocenters. The number of carbonyl (C=O) groups excluding carboxylic acids is 1. The van der Waals surface area contributed by atoms with Crippen LogP contribution in [-0.4, -0.2) is 16.7 Å². The zero-order valence-electron chi connectivity index (χ0n) is 9.34. The summed E-state index contributed by atoms with van der Waals surface area (Å²) in [5.41, 5.74) is 0.944. The molecule has 0 spiro atoms. The van der Waals surface area contributed by atoms with Gasteiger partial charge in [-0.25, -0.2) is 4.79 Å². The third-order valence-corrected chi connectivity index (χ3v) is 1.64. The lowest BCUT2D eigenvalue weighted by Crippen LogP contribution is -2.11. The molecule has 0 fully saturated rings. The molecule has 0 aromatic heterocycles. The van der Waals surface area contributed by atoms with Crippen LogP contribution in [-0.2, 0) is 4.84 Å². The molecule has 1 rings (SSSR count). The van der Waals surface area contributed by atoms with Crippen molar-refractivity contribution in [3.8, 4) is 0 Å². The highest BCUT2D eigenvalue weighted by molar-refractivity contribution is 5.86. The first kappa shape index (κ1) is 12.6. The molecule has 1 aromatic rings. The second-order valence-electron chi connectivity index (χ2n) is 3.35. The summed E-state index contributed by atoms with van der Waals surface area (Å²) >= 11 is 0. The molecule has 0 unspecified atom stereocenters. The van der Waals surface area contributed by atoms with Gasteiger partial charge in [-0.2, -0.15) is 0 Å². The molecule has 7 heteroatoms. The number of oxime groups is 1. The summed E-state index contributed by atoms with van der Waals surface area (Å²) in [6.07, 6.45) is -0.750. The molecule has 90 valence electrons. The first-order valence-electron chi connectivity index (χ1n) is 4.72. The third-order valence-electron chi connectivity index (χ3n) is 1.64. The van der Waals surface area contributed by atoms with E-state index in [-0.39, 0.29) is 5.69 Å². The van der Waals surface area contributed by atoms with Crippen LogP contribution in [0.2, 0.25) is 0 Å². The van der Waals surface area contributed by atoms with Crippen LogP contribution < -0.4 is 5.32 Å². The summed E-state index contributed by atoms with van der Waals surface area (Å²) in [5, 5.41) is 16.2. The lowest BCUT2D eigenvalue weighted by atomic mass is 10.3. The fourth-order valence-electron chi connectivity index (χ4n) is 0.940. The second-order valence-corrected chi connectivity index (χ2v) is 3.35. The van der Waals surface area contributed by atoms with Crippen molar-refractivity contribution in [2.45, 2.75) is 13.8 Å². The normalized spacial score (nSPS) is 9.29. The van der Waals surface area contributed by atoms with Crippen molar-refractivity contribution in [1.29, 1.82) is 0 Å². The molecule has 0 aliphatic carbocycles. The zero-order chi connectivity index (χ0) is 12.8. The van der Waals surface area contributed by atoms with Crippen LogP contribution in [0.15, 0.2) is 29.4 Å². The quantitative estimate of drug-likeness (QED) is 0.378. The van der Waals surface area contributed by atoms with Crippen molar-refractivity contribution in [2.24, 2.45) is 5.16 Å². The van der Waals surface area contributed by atoms with Gasteiger partial charge < -0.3 is 0 Å². The predicted molar refractivity (Wildman–Crippen MR) is 62.0 cm³/mol. The van der Waals surface area contributed by atoms with Crippen LogP contribution >= 0.6 is 0 Å². The number of non-ortho nitro benzene ring substituents is 1. The Morgan fingerprint density at radius 2 is 1.94 bits per heavy atom. The minimum absolute atomic E-state index is 0.0497. The molecule has 0 radical (unpaired) electrons. The van der Waals surface area contributed by atoms with E-state index in [2.05, 4.69) is 15.3 Å². The smallest absolute Gasteiger partial charge is 0.298 e. The summed E-state index contributed by atoms with van der Waals surface area (Å²) in [7, 11) is 0. The Kier molecular flexibility index (Phi) is 4.15. The van der Waals surface area contributed by atoms with E-state index in [1.165, 1.54) is 24.3 Å². The average Bonchev–Trinajstić information content (AvgIpc) is 2.27. The van der Waals surface area contributed by atoms with Crippen molar-refractivity contribution in [3.05, 3.63) is 34.4 Å². The van der Waals surface area contributed by atoms with Gasteiger partial charge in [-0.05, 0) is 26.0 Å². The monoisotopic (exact) mass is 237 g/mol. The van der Waals surface area contributed by atoms with Gasteiger partial charge in [0.15, 0.2) is 0 Å². The van der Waals surface area contributed by atoms with Gasteiger partial charge in [0.05, 0.1) is 10.6 Å². The maximum atomic E-state index is 11.2. The Morgan fingerprint density at radius 3 is 2.41 bits per heavy atom. The number of anilines is 1. The minimum atomic E-state index is -0.750. The van der Waals surface area contributed by atoms with Gasteiger partial charge in [0.1, 0.15) is 0 Å². The SMILES string of the molecule is CC(C)=NOC(=O)Nc1ccc([N+](=O)[O-])cc1. The van der Waals surface area contributed by atoms with Crippen LogP contribution in [0.4, 0.5) is 16.2 Å². The molecule has 0 bridgehead atoms. The number of carbonyl (C=O) groups is 1.